The number of fused-ring (bicyclic) bond motifs is 1. The van der Waals surface area contributed by atoms with Gasteiger partial charge in [0.2, 0.25) is 11.8 Å². The summed E-state index contributed by atoms with van der Waals surface area (Å²) in [6.45, 7) is 2.76. The second-order valence-corrected chi connectivity index (χ2v) is 7.59. The maximum atomic E-state index is 12.5. The molecule has 0 radical (unpaired) electrons. The van der Waals surface area contributed by atoms with Gasteiger partial charge in [0.25, 0.3) is 0 Å². The molecule has 0 aromatic rings. The molecule has 0 aromatic heterocycles. The molecule has 0 spiro atoms. The minimum atomic E-state index is -0.785. The maximum absolute atomic E-state index is 12.5. The van der Waals surface area contributed by atoms with Crippen molar-refractivity contribution in [3.05, 3.63) is 11.3 Å². The summed E-state index contributed by atoms with van der Waals surface area (Å²) >= 11 is 0. The van der Waals surface area contributed by atoms with Gasteiger partial charge in [0, 0.05) is 0 Å². The van der Waals surface area contributed by atoms with Crippen LogP contribution in [0.1, 0.15) is 46.0 Å². The van der Waals surface area contributed by atoms with Crippen LogP contribution in [0.25, 0.3) is 0 Å². The first-order valence-corrected chi connectivity index (χ1v) is 10.4. The average molecular weight is 421 g/mol. The SMILES string of the molecule is CCOC(=O)C1=C(COC(=O)CN2C(=O)[C@H]3CCCC[C@@H]3C2=O)NC(=O)N[C@H]1CC. The summed E-state index contributed by atoms with van der Waals surface area (Å²) in [6.07, 6.45) is 3.56. The average Bonchev–Trinajstić information content (AvgIpc) is 2.97. The lowest BCUT2D eigenvalue weighted by molar-refractivity contribution is -0.152. The van der Waals surface area contributed by atoms with Crippen molar-refractivity contribution >= 4 is 29.8 Å². The molecule has 3 atom stereocenters. The van der Waals surface area contributed by atoms with Crippen LogP contribution < -0.4 is 10.6 Å². The summed E-state index contributed by atoms with van der Waals surface area (Å²) in [5, 5.41) is 5.11. The third-order valence-electron chi connectivity index (χ3n) is 5.74. The molecule has 1 aliphatic carbocycles. The molecule has 2 fully saturated rings. The Morgan fingerprint density at radius 2 is 1.67 bits per heavy atom. The molecule has 2 heterocycles. The molecule has 0 aromatic carbocycles. The van der Waals surface area contributed by atoms with Gasteiger partial charge in [-0.15, -0.1) is 0 Å². The fraction of sp³-hybridized carbons (Fsp3) is 0.650. The van der Waals surface area contributed by atoms with E-state index in [0.29, 0.717) is 19.3 Å². The van der Waals surface area contributed by atoms with Crippen molar-refractivity contribution < 1.29 is 33.4 Å². The van der Waals surface area contributed by atoms with Gasteiger partial charge in [-0.05, 0) is 26.2 Å². The number of carbonyl (C=O) groups excluding carboxylic acids is 5. The van der Waals surface area contributed by atoms with Crippen LogP contribution in [0.2, 0.25) is 0 Å². The summed E-state index contributed by atoms with van der Waals surface area (Å²) in [4.78, 5) is 62.5. The first kappa shape index (κ1) is 21.8. The number of esters is 2. The standard InChI is InChI=1S/C20H27N3O7/c1-3-13-16(19(27)29-4-2)14(22-20(28)21-13)10-30-15(24)9-23-17(25)11-7-5-6-8-12(11)18(23)26/h11-13H,3-10H2,1-2H3,(H2,21,22,28)/t11-,12-,13-/m0/s1. The Hall–Kier alpha value is -2.91. The van der Waals surface area contributed by atoms with E-state index in [1.807, 2.05) is 0 Å². The van der Waals surface area contributed by atoms with Gasteiger partial charge in [-0.3, -0.25) is 19.3 Å². The number of rotatable bonds is 7. The van der Waals surface area contributed by atoms with Gasteiger partial charge in [-0.1, -0.05) is 19.8 Å². The van der Waals surface area contributed by atoms with Crippen LogP contribution in [0.5, 0.6) is 0 Å². The smallest absolute Gasteiger partial charge is 0.338 e. The summed E-state index contributed by atoms with van der Waals surface area (Å²) in [7, 11) is 0. The molecule has 3 aliphatic rings. The van der Waals surface area contributed by atoms with Crippen molar-refractivity contribution in [1.82, 2.24) is 15.5 Å². The van der Waals surface area contributed by atoms with Crippen LogP contribution in [-0.4, -0.2) is 60.5 Å². The van der Waals surface area contributed by atoms with E-state index in [1.165, 1.54) is 0 Å². The van der Waals surface area contributed by atoms with Gasteiger partial charge in [-0.25, -0.2) is 9.59 Å². The van der Waals surface area contributed by atoms with Crippen LogP contribution in [-0.2, 0) is 28.7 Å². The number of urea groups is 1. The number of nitrogens with one attached hydrogen (secondary N) is 2. The van der Waals surface area contributed by atoms with E-state index >= 15 is 0 Å². The van der Waals surface area contributed by atoms with Crippen molar-refractivity contribution in [3.63, 3.8) is 0 Å². The zero-order chi connectivity index (χ0) is 21.8. The molecule has 2 aliphatic heterocycles. The third kappa shape index (κ3) is 4.31. The number of likely N-dealkylation sites (tertiary alicyclic amines) is 1. The second-order valence-electron chi connectivity index (χ2n) is 7.59. The van der Waals surface area contributed by atoms with Gasteiger partial charge >= 0.3 is 18.0 Å². The lowest BCUT2D eigenvalue weighted by Crippen LogP contribution is -2.51. The van der Waals surface area contributed by atoms with Crippen molar-refractivity contribution in [2.75, 3.05) is 19.8 Å². The molecule has 30 heavy (non-hydrogen) atoms. The zero-order valence-electron chi connectivity index (χ0n) is 17.2. The highest BCUT2D eigenvalue weighted by atomic mass is 16.5. The van der Waals surface area contributed by atoms with Crippen LogP contribution >= 0.6 is 0 Å². The van der Waals surface area contributed by atoms with Crippen LogP contribution in [0.15, 0.2) is 11.3 Å². The molecule has 10 heteroatoms. The second kappa shape index (κ2) is 9.27. The first-order valence-electron chi connectivity index (χ1n) is 10.4. The normalized spacial score (nSPS) is 26.1. The number of hydrogen-bond donors (Lipinski definition) is 2. The highest BCUT2D eigenvalue weighted by Crippen LogP contribution is 2.37. The molecule has 3 rings (SSSR count). The number of carbonyl (C=O) groups is 5. The topological polar surface area (TPSA) is 131 Å². The first-order chi connectivity index (χ1) is 14.4. The number of imide groups is 1. The number of hydrogen-bond acceptors (Lipinski definition) is 7. The van der Waals surface area contributed by atoms with Crippen molar-refractivity contribution in [3.8, 4) is 0 Å². The van der Waals surface area contributed by atoms with Gasteiger partial charge in [-0.2, -0.15) is 0 Å². The summed E-state index contributed by atoms with van der Waals surface area (Å²) in [5.41, 5.74) is 0.316. The van der Waals surface area contributed by atoms with E-state index in [1.54, 1.807) is 13.8 Å². The van der Waals surface area contributed by atoms with E-state index < -0.39 is 30.6 Å². The molecule has 10 nitrogen and oxygen atoms in total. The third-order valence-corrected chi connectivity index (χ3v) is 5.74. The highest BCUT2D eigenvalue weighted by molar-refractivity contribution is 6.07. The minimum Gasteiger partial charge on any atom is -0.463 e. The Labute approximate surface area is 174 Å². The van der Waals surface area contributed by atoms with E-state index in [4.69, 9.17) is 9.47 Å². The van der Waals surface area contributed by atoms with E-state index in [2.05, 4.69) is 10.6 Å². The Bertz CT molecular complexity index is 767. The van der Waals surface area contributed by atoms with Crippen molar-refractivity contribution in [2.24, 2.45) is 11.8 Å². The largest absolute Gasteiger partial charge is 0.463 e. The van der Waals surface area contributed by atoms with Crippen LogP contribution in [0.4, 0.5) is 4.79 Å². The lowest BCUT2D eigenvalue weighted by Gasteiger charge is -2.28. The fourth-order valence-corrected chi connectivity index (χ4v) is 4.29. The molecular weight excluding hydrogens is 394 g/mol. The minimum absolute atomic E-state index is 0.130. The number of nitrogens with zero attached hydrogens (tertiary/aromatic N) is 1. The zero-order valence-corrected chi connectivity index (χ0v) is 17.2. The molecular formula is C20H27N3O7. The van der Waals surface area contributed by atoms with E-state index in [-0.39, 0.29) is 48.1 Å². The highest BCUT2D eigenvalue weighted by Gasteiger charge is 2.48. The van der Waals surface area contributed by atoms with E-state index in [0.717, 1.165) is 17.7 Å². The summed E-state index contributed by atoms with van der Waals surface area (Å²) in [5.74, 6) is -2.73. The maximum Gasteiger partial charge on any atom is 0.338 e. The van der Waals surface area contributed by atoms with Gasteiger partial charge in [0.1, 0.15) is 13.2 Å². The molecule has 0 unspecified atom stereocenters. The molecule has 0 bridgehead atoms. The van der Waals surface area contributed by atoms with Crippen LogP contribution in [0, 0.1) is 11.8 Å². The quantitative estimate of drug-likeness (QED) is 0.455. The van der Waals surface area contributed by atoms with Crippen molar-refractivity contribution in [2.45, 2.75) is 52.0 Å². The predicted molar refractivity (Wildman–Crippen MR) is 103 cm³/mol. The molecule has 1 saturated carbocycles. The molecule has 1 saturated heterocycles. The Morgan fingerprint density at radius 3 is 2.23 bits per heavy atom. The predicted octanol–water partition coefficient (Wildman–Crippen LogP) is 0.613. The van der Waals surface area contributed by atoms with Gasteiger partial charge < -0.3 is 20.1 Å². The van der Waals surface area contributed by atoms with Crippen LogP contribution in [0.3, 0.4) is 0 Å². The fourth-order valence-electron chi connectivity index (χ4n) is 4.29. The number of amides is 4. The number of ether oxygens (including phenoxy) is 2. The van der Waals surface area contributed by atoms with E-state index in [9.17, 15) is 24.0 Å². The molecule has 164 valence electrons. The molecule has 2 N–H and O–H groups in total. The Kier molecular flexibility index (Phi) is 6.73. The lowest BCUT2D eigenvalue weighted by atomic mass is 9.81. The van der Waals surface area contributed by atoms with Gasteiger partial charge in [0.05, 0.1) is 35.8 Å². The Balaban J connectivity index is 1.67. The monoisotopic (exact) mass is 421 g/mol. The van der Waals surface area contributed by atoms with Gasteiger partial charge in [0.15, 0.2) is 0 Å². The molecule has 4 amide bonds. The summed E-state index contributed by atoms with van der Waals surface area (Å²) < 4.78 is 10.2. The Morgan fingerprint density at radius 1 is 1.03 bits per heavy atom. The summed E-state index contributed by atoms with van der Waals surface area (Å²) in [6, 6.07) is -1.09. The van der Waals surface area contributed by atoms with Crippen molar-refractivity contribution in [1.29, 1.82) is 0 Å².